The van der Waals surface area contributed by atoms with Crippen molar-refractivity contribution in [2.75, 3.05) is 18.8 Å². The average Bonchev–Trinajstić information content (AvgIpc) is 3.32. The summed E-state index contributed by atoms with van der Waals surface area (Å²) in [7, 11) is 0. The second-order valence-electron chi connectivity index (χ2n) is 9.43. The summed E-state index contributed by atoms with van der Waals surface area (Å²) in [5, 5.41) is 12.9. The highest BCUT2D eigenvalue weighted by Gasteiger charge is 2.26. The number of aromatic nitrogens is 3. The summed E-state index contributed by atoms with van der Waals surface area (Å²) in [4.78, 5) is 15.4. The van der Waals surface area contributed by atoms with E-state index < -0.39 is 0 Å². The van der Waals surface area contributed by atoms with Gasteiger partial charge in [0.25, 0.3) is 0 Å². The summed E-state index contributed by atoms with van der Waals surface area (Å²) in [5.74, 6) is 0.767. The number of aryl methyl sites for hydroxylation is 1. The molecule has 0 saturated carbocycles. The molecule has 5 rings (SSSR count). The Balaban J connectivity index is 1.33. The van der Waals surface area contributed by atoms with Crippen LogP contribution >= 0.6 is 11.8 Å². The quantitative estimate of drug-likeness (QED) is 0.456. The third-order valence-corrected chi connectivity index (χ3v) is 8.02. The van der Waals surface area contributed by atoms with Gasteiger partial charge in [-0.2, -0.15) is 0 Å². The summed E-state index contributed by atoms with van der Waals surface area (Å²) >= 11 is 1.37. The molecule has 1 aromatic heterocycles. The van der Waals surface area contributed by atoms with Crippen LogP contribution in [0.4, 0.5) is 4.39 Å². The molecule has 0 radical (unpaired) electrons. The van der Waals surface area contributed by atoms with Gasteiger partial charge in [-0.1, -0.05) is 42.4 Å². The summed E-state index contributed by atoms with van der Waals surface area (Å²) in [5.41, 5.74) is 3.35. The number of halogens is 1. The van der Waals surface area contributed by atoms with E-state index in [4.69, 9.17) is 0 Å². The van der Waals surface area contributed by atoms with Crippen molar-refractivity contribution in [3.63, 3.8) is 0 Å². The molecular formula is C27H32FN5OS. The number of fused-ring (bicyclic) bond motifs is 1. The average molecular weight is 494 g/mol. The molecule has 0 spiro atoms. The predicted molar refractivity (Wildman–Crippen MR) is 136 cm³/mol. The van der Waals surface area contributed by atoms with Gasteiger partial charge in [-0.15, -0.1) is 10.2 Å². The summed E-state index contributed by atoms with van der Waals surface area (Å²) < 4.78 is 15.6. The lowest BCUT2D eigenvalue weighted by Gasteiger charge is -2.31. The van der Waals surface area contributed by atoms with Gasteiger partial charge in [-0.05, 0) is 87.5 Å². The molecule has 2 unspecified atom stereocenters. The Morgan fingerprint density at radius 1 is 1.09 bits per heavy atom. The van der Waals surface area contributed by atoms with Gasteiger partial charge in [-0.3, -0.25) is 14.3 Å². The molecule has 2 aromatic carbocycles. The van der Waals surface area contributed by atoms with Crippen LogP contribution < -0.4 is 5.32 Å². The molecule has 1 saturated heterocycles. The Kier molecular flexibility index (Phi) is 7.48. The van der Waals surface area contributed by atoms with Crippen molar-refractivity contribution < 1.29 is 9.18 Å². The summed E-state index contributed by atoms with van der Waals surface area (Å²) in [6.07, 6.45) is 6.72. The highest BCUT2D eigenvalue weighted by Crippen LogP contribution is 2.31. The normalized spacial score (nSPS) is 19.2. The first-order valence-corrected chi connectivity index (χ1v) is 13.5. The number of piperidine rings is 1. The number of carbonyl (C=O) groups excluding carboxylic acids is 1. The lowest BCUT2D eigenvalue weighted by molar-refractivity contribution is -0.119. The standard InChI is InChI=1S/C27H32FN5OS/c1-19(32-16-5-2-6-17-32)26-30-31-27(33(26)22-14-12-21(28)13-15-22)35-18-25(34)29-24-11-7-9-20-8-3-4-10-23(20)24/h3-4,8,10,12-15,19,24H,2,5-7,9,11,16-18H2,1H3,(H,29,34). The molecule has 2 aliphatic rings. The fourth-order valence-corrected chi connectivity index (χ4v) is 5.99. The van der Waals surface area contributed by atoms with Crippen molar-refractivity contribution in [3.05, 3.63) is 71.3 Å². The molecule has 0 bridgehead atoms. The number of nitrogens with zero attached hydrogens (tertiary/aromatic N) is 4. The highest BCUT2D eigenvalue weighted by atomic mass is 32.2. The molecule has 3 aromatic rings. The van der Waals surface area contributed by atoms with Crippen LogP contribution in [0.5, 0.6) is 0 Å². The molecule has 1 aliphatic carbocycles. The van der Waals surface area contributed by atoms with Gasteiger partial charge in [-0.25, -0.2) is 4.39 Å². The van der Waals surface area contributed by atoms with E-state index in [0.29, 0.717) is 5.16 Å². The molecule has 1 amide bonds. The third-order valence-electron chi connectivity index (χ3n) is 7.09. The van der Waals surface area contributed by atoms with Crippen LogP contribution in [0, 0.1) is 5.82 Å². The number of amides is 1. The van der Waals surface area contributed by atoms with Crippen LogP contribution in [0.25, 0.3) is 5.69 Å². The van der Waals surface area contributed by atoms with E-state index in [1.807, 2.05) is 10.6 Å². The molecule has 6 nitrogen and oxygen atoms in total. The van der Waals surface area contributed by atoms with Crippen LogP contribution in [0.15, 0.2) is 53.7 Å². The second-order valence-corrected chi connectivity index (χ2v) is 10.4. The van der Waals surface area contributed by atoms with Crippen LogP contribution in [-0.4, -0.2) is 44.4 Å². The van der Waals surface area contributed by atoms with E-state index in [9.17, 15) is 9.18 Å². The van der Waals surface area contributed by atoms with Gasteiger partial charge < -0.3 is 5.32 Å². The minimum atomic E-state index is -0.284. The van der Waals surface area contributed by atoms with Gasteiger partial charge in [0.15, 0.2) is 11.0 Å². The minimum Gasteiger partial charge on any atom is -0.349 e. The first kappa shape index (κ1) is 24.0. The van der Waals surface area contributed by atoms with Crippen LogP contribution in [0.3, 0.4) is 0 Å². The van der Waals surface area contributed by atoms with E-state index >= 15 is 0 Å². The van der Waals surface area contributed by atoms with Crippen LogP contribution in [0.1, 0.15) is 68.1 Å². The van der Waals surface area contributed by atoms with Gasteiger partial charge in [0, 0.05) is 5.69 Å². The fourth-order valence-electron chi connectivity index (χ4n) is 5.22. The van der Waals surface area contributed by atoms with Crippen molar-refractivity contribution in [1.29, 1.82) is 0 Å². The first-order chi connectivity index (χ1) is 17.1. The van der Waals surface area contributed by atoms with Crippen LogP contribution in [-0.2, 0) is 11.2 Å². The number of nitrogens with one attached hydrogen (secondary N) is 1. The Labute approximate surface area is 210 Å². The highest BCUT2D eigenvalue weighted by molar-refractivity contribution is 7.99. The van der Waals surface area contributed by atoms with Crippen molar-refractivity contribution in [2.45, 2.75) is 62.7 Å². The molecule has 184 valence electrons. The number of benzene rings is 2. The number of hydrogen-bond acceptors (Lipinski definition) is 5. The van der Waals surface area contributed by atoms with Gasteiger partial charge in [0.05, 0.1) is 17.8 Å². The topological polar surface area (TPSA) is 63.1 Å². The monoisotopic (exact) mass is 493 g/mol. The molecule has 35 heavy (non-hydrogen) atoms. The van der Waals surface area contributed by atoms with Gasteiger partial charge >= 0.3 is 0 Å². The van der Waals surface area contributed by atoms with E-state index in [1.54, 1.807) is 12.1 Å². The van der Waals surface area contributed by atoms with E-state index in [1.165, 1.54) is 54.3 Å². The Morgan fingerprint density at radius 3 is 2.66 bits per heavy atom. The van der Waals surface area contributed by atoms with Crippen molar-refractivity contribution in [3.8, 4) is 5.69 Å². The molecular weight excluding hydrogens is 461 g/mol. The number of hydrogen-bond donors (Lipinski definition) is 1. The number of rotatable bonds is 7. The first-order valence-electron chi connectivity index (χ1n) is 12.6. The fraction of sp³-hybridized carbons (Fsp3) is 0.444. The maximum Gasteiger partial charge on any atom is 0.230 e. The smallest absolute Gasteiger partial charge is 0.230 e. The zero-order valence-electron chi connectivity index (χ0n) is 20.1. The van der Waals surface area contributed by atoms with E-state index in [0.717, 1.165) is 43.9 Å². The zero-order valence-corrected chi connectivity index (χ0v) is 20.9. The van der Waals surface area contributed by atoms with Crippen molar-refractivity contribution in [1.82, 2.24) is 25.0 Å². The zero-order chi connectivity index (χ0) is 24.2. The molecule has 1 aliphatic heterocycles. The van der Waals surface area contributed by atoms with E-state index in [-0.39, 0.29) is 29.6 Å². The molecule has 1 fully saturated rings. The predicted octanol–water partition coefficient (Wildman–Crippen LogP) is 5.24. The van der Waals surface area contributed by atoms with Crippen LogP contribution in [0.2, 0.25) is 0 Å². The third kappa shape index (κ3) is 5.43. The second kappa shape index (κ2) is 10.9. The van der Waals surface area contributed by atoms with Gasteiger partial charge in [0.1, 0.15) is 5.82 Å². The molecule has 8 heteroatoms. The number of likely N-dealkylation sites (tertiary alicyclic amines) is 1. The lowest BCUT2D eigenvalue weighted by Crippen LogP contribution is -2.33. The Morgan fingerprint density at radius 2 is 1.86 bits per heavy atom. The SMILES string of the molecule is CC(c1nnc(SCC(=O)NC2CCCc3ccccc32)n1-c1ccc(F)cc1)N1CCCCC1. The molecule has 2 heterocycles. The Bertz CT molecular complexity index is 1160. The molecule has 2 atom stereocenters. The maximum atomic E-state index is 13.7. The van der Waals surface area contributed by atoms with E-state index in [2.05, 4.69) is 45.5 Å². The Hall–Kier alpha value is -2.71. The molecule has 1 N–H and O–H groups in total. The van der Waals surface area contributed by atoms with Crippen molar-refractivity contribution >= 4 is 17.7 Å². The number of carbonyl (C=O) groups is 1. The minimum absolute atomic E-state index is 0.0176. The maximum absolute atomic E-state index is 13.7. The number of thioether (sulfide) groups is 1. The summed E-state index contributed by atoms with van der Waals surface area (Å²) in [6.45, 7) is 4.22. The van der Waals surface area contributed by atoms with Crippen molar-refractivity contribution in [2.24, 2.45) is 0 Å². The largest absolute Gasteiger partial charge is 0.349 e. The van der Waals surface area contributed by atoms with Gasteiger partial charge in [0.2, 0.25) is 5.91 Å². The summed E-state index contributed by atoms with van der Waals surface area (Å²) in [6, 6.07) is 14.9. The lowest BCUT2D eigenvalue weighted by atomic mass is 9.88.